The SMILES string of the molecule is CCCCC(C)(C)[C@@H](O)/C=C/C=C\C=C\C=C\[C@@H](O)[C@@H](O)CCCC(=O)O. The van der Waals surface area contributed by atoms with E-state index in [2.05, 4.69) is 20.8 Å². The number of aliphatic carboxylic acids is 1. The van der Waals surface area contributed by atoms with Gasteiger partial charge in [-0.25, -0.2) is 0 Å². The Morgan fingerprint density at radius 2 is 1.48 bits per heavy atom. The third-order valence-electron chi connectivity index (χ3n) is 4.42. The van der Waals surface area contributed by atoms with Crippen molar-refractivity contribution < 1.29 is 25.2 Å². The number of carbonyl (C=O) groups is 1. The van der Waals surface area contributed by atoms with Crippen LogP contribution in [0.2, 0.25) is 0 Å². The number of aliphatic hydroxyl groups excluding tert-OH is 3. The fourth-order valence-electron chi connectivity index (χ4n) is 2.41. The van der Waals surface area contributed by atoms with Gasteiger partial charge < -0.3 is 20.4 Å². The molecule has 0 amide bonds. The third-order valence-corrected chi connectivity index (χ3v) is 4.42. The molecule has 0 saturated carbocycles. The molecule has 0 aromatic rings. The quantitative estimate of drug-likeness (QED) is 0.344. The maximum absolute atomic E-state index is 10.4. The van der Waals surface area contributed by atoms with Crippen LogP contribution in [0.4, 0.5) is 0 Å². The molecule has 4 N–H and O–H groups in total. The van der Waals surface area contributed by atoms with Gasteiger partial charge in [0.25, 0.3) is 0 Å². The zero-order chi connectivity index (χ0) is 20.7. The summed E-state index contributed by atoms with van der Waals surface area (Å²) in [6.45, 7) is 6.27. The minimum absolute atomic E-state index is 0.0177. The molecule has 0 aromatic carbocycles. The van der Waals surface area contributed by atoms with Gasteiger partial charge in [0.1, 0.15) is 0 Å². The second-order valence-corrected chi connectivity index (χ2v) is 7.42. The van der Waals surface area contributed by atoms with Crippen LogP contribution in [-0.4, -0.2) is 44.7 Å². The number of allylic oxidation sites excluding steroid dienone is 6. The van der Waals surface area contributed by atoms with Crippen LogP contribution in [0.25, 0.3) is 0 Å². The van der Waals surface area contributed by atoms with Gasteiger partial charge in [-0.1, -0.05) is 82.2 Å². The summed E-state index contributed by atoms with van der Waals surface area (Å²) in [6.07, 6.45) is 15.1. The molecule has 0 bridgehead atoms. The van der Waals surface area contributed by atoms with Gasteiger partial charge in [0.2, 0.25) is 0 Å². The Labute approximate surface area is 163 Å². The predicted molar refractivity (Wildman–Crippen MR) is 109 cm³/mol. The smallest absolute Gasteiger partial charge is 0.303 e. The van der Waals surface area contributed by atoms with E-state index >= 15 is 0 Å². The molecule has 0 rings (SSSR count). The molecule has 0 saturated heterocycles. The lowest BCUT2D eigenvalue weighted by Gasteiger charge is -2.28. The van der Waals surface area contributed by atoms with Crippen molar-refractivity contribution in [2.45, 2.75) is 77.6 Å². The molecule has 0 aromatic heterocycles. The van der Waals surface area contributed by atoms with Crippen LogP contribution in [0.15, 0.2) is 48.6 Å². The van der Waals surface area contributed by atoms with Gasteiger partial charge in [-0.05, 0) is 24.7 Å². The fraction of sp³-hybridized carbons (Fsp3) is 0.591. The Kier molecular flexibility index (Phi) is 13.5. The molecule has 0 spiro atoms. The van der Waals surface area contributed by atoms with Crippen molar-refractivity contribution in [1.82, 2.24) is 0 Å². The topological polar surface area (TPSA) is 98.0 Å². The average molecular weight is 381 g/mol. The van der Waals surface area contributed by atoms with Crippen molar-refractivity contribution in [3.63, 3.8) is 0 Å². The number of rotatable bonds is 14. The number of aliphatic hydroxyl groups is 3. The summed E-state index contributed by atoms with van der Waals surface area (Å²) in [6, 6.07) is 0. The zero-order valence-corrected chi connectivity index (χ0v) is 16.8. The lowest BCUT2D eigenvalue weighted by Crippen LogP contribution is -2.27. The predicted octanol–water partition coefficient (Wildman–Crippen LogP) is 3.77. The van der Waals surface area contributed by atoms with E-state index in [9.17, 15) is 20.1 Å². The third kappa shape index (κ3) is 13.2. The average Bonchev–Trinajstić information content (AvgIpc) is 2.61. The number of carboxylic acid groups (broad SMARTS) is 1. The van der Waals surface area contributed by atoms with E-state index in [1.807, 2.05) is 18.2 Å². The van der Waals surface area contributed by atoms with Crippen molar-refractivity contribution in [2.24, 2.45) is 5.41 Å². The molecule has 0 unspecified atom stereocenters. The normalized spacial score (nSPS) is 16.7. The minimum atomic E-state index is -1.02. The highest BCUT2D eigenvalue weighted by molar-refractivity contribution is 5.66. The fourth-order valence-corrected chi connectivity index (χ4v) is 2.41. The molecule has 0 aliphatic heterocycles. The van der Waals surface area contributed by atoms with Crippen molar-refractivity contribution in [2.75, 3.05) is 0 Å². The minimum Gasteiger partial charge on any atom is -0.481 e. The molecule has 154 valence electrons. The van der Waals surface area contributed by atoms with Gasteiger partial charge in [-0.15, -0.1) is 0 Å². The van der Waals surface area contributed by atoms with Crippen LogP contribution < -0.4 is 0 Å². The number of hydrogen-bond acceptors (Lipinski definition) is 4. The molecule has 0 fully saturated rings. The van der Waals surface area contributed by atoms with Crippen LogP contribution in [0, 0.1) is 5.41 Å². The van der Waals surface area contributed by atoms with Crippen molar-refractivity contribution in [3.05, 3.63) is 48.6 Å². The zero-order valence-electron chi connectivity index (χ0n) is 16.8. The Morgan fingerprint density at radius 3 is 2.04 bits per heavy atom. The van der Waals surface area contributed by atoms with Gasteiger partial charge in [-0.2, -0.15) is 0 Å². The Bertz CT molecular complexity index is 517. The summed E-state index contributed by atoms with van der Waals surface area (Å²) < 4.78 is 0. The summed E-state index contributed by atoms with van der Waals surface area (Å²) in [5, 5.41) is 38.2. The van der Waals surface area contributed by atoms with Crippen LogP contribution in [-0.2, 0) is 4.79 Å². The number of unbranched alkanes of at least 4 members (excludes halogenated alkanes) is 1. The molecule has 3 atom stereocenters. The molecule has 27 heavy (non-hydrogen) atoms. The van der Waals surface area contributed by atoms with Crippen LogP contribution in [0.1, 0.15) is 59.3 Å². The highest BCUT2D eigenvalue weighted by atomic mass is 16.4. The van der Waals surface area contributed by atoms with Gasteiger partial charge in [0.05, 0.1) is 18.3 Å². The molecular weight excluding hydrogens is 344 g/mol. The molecule has 0 aliphatic rings. The number of hydrogen-bond donors (Lipinski definition) is 4. The summed E-state index contributed by atoms with van der Waals surface area (Å²) >= 11 is 0. The van der Waals surface area contributed by atoms with Crippen molar-refractivity contribution in [1.29, 1.82) is 0 Å². The highest BCUT2D eigenvalue weighted by Crippen LogP contribution is 2.28. The Hall–Kier alpha value is -1.69. The van der Waals surface area contributed by atoms with E-state index in [0.717, 1.165) is 19.3 Å². The monoisotopic (exact) mass is 380 g/mol. The van der Waals surface area contributed by atoms with Crippen LogP contribution >= 0.6 is 0 Å². The molecule has 5 nitrogen and oxygen atoms in total. The molecule has 5 heteroatoms. The standard InChI is InChI=1S/C22H36O5/c1-4-5-17-22(2,3)20(25)15-11-9-7-6-8-10-13-18(23)19(24)14-12-16-21(26)27/h6-11,13,15,18-20,23-25H,4-5,12,14,16-17H2,1-3H3,(H,26,27)/b8-6+,9-7-,13-10+,15-11+/t18-,19+,20+/m1/s1. The van der Waals surface area contributed by atoms with E-state index in [0.29, 0.717) is 6.42 Å². The molecular formula is C22H36O5. The van der Waals surface area contributed by atoms with Crippen molar-refractivity contribution in [3.8, 4) is 0 Å². The Balaban J connectivity index is 4.22. The van der Waals surface area contributed by atoms with Gasteiger partial charge in [-0.3, -0.25) is 4.79 Å². The lowest BCUT2D eigenvalue weighted by atomic mass is 9.81. The summed E-state index contributed by atoms with van der Waals surface area (Å²) in [5.41, 5.74) is -0.139. The largest absolute Gasteiger partial charge is 0.481 e. The first-order valence-electron chi connectivity index (χ1n) is 9.65. The van der Waals surface area contributed by atoms with Gasteiger partial charge >= 0.3 is 5.97 Å². The first-order valence-corrected chi connectivity index (χ1v) is 9.65. The maximum atomic E-state index is 10.4. The Morgan fingerprint density at radius 1 is 0.926 bits per heavy atom. The number of carboxylic acids is 1. The van der Waals surface area contributed by atoms with Crippen molar-refractivity contribution >= 4 is 5.97 Å². The summed E-state index contributed by atoms with van der Waals surface area (Å²) in [4.78, 5) is 10.4. The van der Waals surface area contributed by atoms with E-state index in [1.54, 1.807) is 24.3 Å². The molecule has 0 radical (unpaired) electrons. The summed E-state index contributed by atoms with van der Waals surface area (Å²) in [5.74, 6) is -0.909. The summed E-state index contributed by atoms with van der Waals surface area (Å²) in [7, 11) is 0. The van der Waals surface area contributed by atoms with E-state index in [4.69, 9.17) is 5.11 Å². The highest BCUT2D eigenvalue weighted by Gasteiger charge is 2.24. The lowest BCUT2D eigenvalue weighted by molar-refractivity contribution is -0.137. The maximum Gasteiger partial charge on any atom is 0.303 e. The van der Waals surface area contributed by atoms with E-state index in [-0.39, 0.29) is 18.3 Å². The van der Waals surface area contributed by atoms with Crippen LogP contribution in [0.5, 0.6) is 0 Å². The second-order valence-electron chi connectivity index (χ2n) is 7.42. The van der Waals surface area contributed by atoms with Gasteiger partial charge in [0, 0.05) is 6.42 Å². The molecule has 0 heterocycles. The first kappa shape index (κ1) is 25.3. The molecule has 0 aliphatic carbocycles. The second kappa shape index (κ2) is 14.4. The van der Waals surface area contributed by atoms with E-state index < -0.39 is 24.3 Å². The van der Waals surface area contributed by atoms with Gasteiger partial charge in [0.15, 0.2) is 0 Å². The van der Waals surface area contributed by atoms with E-state index in [1.165, 1.54) is 6.08 Å². The first-order chi connectivity index (χ1) is 12.7. The van der Waals surface area contributed by atoms with Crippen LogP contribution in [0.3, 0.4) is 0 Å².